The van der Waals surface area contributed by atoms with E-state index < -0.39 is 5.97 Å². The van der Waals surface area contributed by atoms with Gasteiger partial charge in [-0.1, -0.05) is 29.3 Å². The van der Waals surface area contributed by atoms with Gasteiger partial charge in [-0.2, -0.15) is 0 Å². The molecule has 0 aromatic carbocycles. The van der Waals surface area contributed by atoms with Crippen LogP contribution in [-0.2, 0) is 9.53 Å². The maximum atomic E-state index is 11.8. The number of esters is 1. The van der Waals surface area contributed by atoms with E-state index in [-0.39, 0.29) is 34.3 Å². The van der Waals surface area contributed by atoms with Gasteiger partial charge >= 0.3 is 5.97 Å². The Bertz CT molecular complexity index is 677. The van der Waals surface area contributed by atoms with Gasteiger partial charge in [0.05, 0.1) is 16.6 Å². The third-order valence-electron chi connectivity index (χ3n) is 2.71. The zero-order chi connectivity index (χ0) is 16.1. The number of hydrogen-bond donors (Lipinski definition) is 1. The smallest absolute Gasteiger partial charge is 0.340 e. The molecule has 0 unspecified atom stereocenters. The molecule has 2 aromatic rings. The van der Waals surface area contributed by atoms with Crippen LogP contribution in [0.25, 0.3) is 0 Å². The summed E-state index contributed by atoms with van der Waals surface area (Å²) in [6.45, 7) is 1.48. The van der Waals surface area contributed by atoms with Gasteiger partial charge in [0.2, 0.25) is 0 Å². The van der Waals surface area contributed by atoms with Crippen LogP contribution in [0.5, 0.6) is 0 Å². The second kappa shape index (κ2) is 7.58. The molecule has 0 radical (unpaired) electrons. The predicted octanol–water partition coefficient (Wildman–Crippen LogP) is 3.48. The minimum atomic E-state index is -0.690. The molecule has 0 saturated heterocycles. The summed E-state index contributed by atoms with van der Waals surface area (Å²) in [6, 6.07) is 5.02. The summed E-state index contributed by atoms with van der Waals surface area (Å²) >= 11 is 13.0. The fourth-order valence-corrected chi connectivity index (χ4v) is 2.64. The van der Waals surface area contributed by atoms with Crippen LogP contribution in [0.3, 0.4) is 0 Å². The van der Waals surface area contributed by atoms with Gasteiger partial charge in [0.25, 0.3) is 5.91 Å². The molecule has 116 valence electrons. The van der Waals surface area contributed by atoms with Crippen molar-refractivity contribution in [3.63, 3.8) is 0 Å². The molecule has 0 aliphatic heterocycles. The average molecular weight is 359 g/mol. The van der Waals surface area contributed by atoms with Gasteiger partial charge < -0.3 is 10.1 Å². The van der Waals surface area contributed by atoms with Gasteiger partial charge in [0, 0.05) is 11.1 Å². The topological polar surface area (TPSA) is 68.3 Å². The van der Waals surface area contributed by atoms with Gasteiger partial charge in [-0.25, -0.2) is 9.78 Å². The van der Waals surface area contributed by atoms with Crippen molar-refractivity contribution in [1.29, 1.82) is 0 Å². The number of rotatable bonds is 5. The molecule has 0 fully saturated rings. The number of nitrogens with one attached hydrogen (secondary N) is 1. The standard InChI is InChI=1S/C14H12Cl2N2O3S/c1-8(11-3-2-4-22-11)18-12(19)7-21-14(20)9-5-10(15)13(16)17-6-9/h2-6,8H,7H2,1H3,(H,18,19)/t8-/m0/s1. The quantitative estimate of drug-likeness (QED) is 0.656. The highest BCUT2D eigenvalue weighted by atomic mass is 35.5. The zero-order valence-corrected chi connectivity index (χ0v) is 13.8. The third-order valence-corrected chi connectivity index (χ3v) is 4.45. The first kappa shape index (κ1) is 16.7. The van der Waals surface area contributed by atoms with E-state index >= 15 is 0 Å². The fourth-order valence-electron chi connectivity index (χ4n) is 1.64. The van der Waals surface area contributed by atoms with E-state index in [4.69, 9.17) is 27.9 Å². The van der Waals surface area contributed by atoms with Gasteiger partial charge in [-0.3, -0.25) is 4.79 Å². The molecule has 1 atom stereocenters. The number of pyridine rings is 1. The lowest BCUT2D eigenvalue weighted by Gasteiger charge is -2.12. The van der Waals surface area contributed by atoms with Crippen molar-refractivity contribution in [2.75, 3.05) is 6.61 Å². The molecule has 0 aliphatic carbocycles. The number of carbonyl (C=O) groups is 2. The van der Waals surface area contributed by atoms with E-state index in [9.17, 15) is 9.59 Å². The fraction of sp³-hybridized carbons (Fsp3) is 0.214. The van der Waals surface area contributed by atoms with Crippen molar-refractivity contribution in [3.05, 3.63) is 50.4 Å². The van der Waals surface area contributed by atoms with Crippen LogP contribution < -0.4 is 5.32 Å². The molecule has 0 spiro atoms. The maximum Gasteiger partial charge on any atom is 0.340 e. The van der Waals surface area contributed by atoms with Crippen LogP contribution in [0.4, 0.5) is 0 Å². The van der Waals surface area contributed by atoms with Crippen molar-refractivity contribution in [2.45, 2.75) is 13.0 Å². The van der Waals surface area contributed by atoms with Crippen molar-refractivity contribution in [2.24, 2.45) is 0 Å². The molecule has 1 N–H and O–H groups in total. The van der Waals surface area contributed by atoms with Crippen molar-refractivity contribution < 1.29 is 14.3 Å². The zero-order valence-electron chi connectivity index (χ0n) is 11.5. The Hall–Kier alpha value is -1.63. The molecule has 2 heterocycles. The number of nitrogens with zero attached hydrogens (tertiary/aromatic N) is 1. The van der Waals surface area contributed by atoms with Crippen LogP contribution in [-0.4, -0.2) is 23.5 Å². The molecule has 1 amide bonds. The van der Waals surface area contributed by atoms with Crippen molar-refractivity contribution in [1.82, 2.24) is 10.3 Å². The molecular weight excluding hydrogens is 347 g/mol. The molecule has 22 heavy (non-hydrogen) atoms. The SMILES string of the molecule is C[C@H](NC(=O)COC(=O)c1cnc(Cl)c(Cl)c1)c1cccs1. The lowest BCUT2D eigenvalue weighted by Crippen LogP contribution is -2.30. The lowest BCUT2D eigenvalue weighted by atomic mass is 10.3. The first-order valence-electron chi connectivity index (χ1n) is 6.28. The van der Waals surface area contributed by atoms with Gasteiger partial charge in [0.15, 0.2) is 6.61 Å². The molecule has 2 rings (SSSR count). The lowest BCUT2D eigenvalue weighted by molar-refractivity contribution is -0.124. The van der Waals surface area contributed by atoms with E-state index in [1.54, 1.807) is 0 Å². The highest BCUT2D eigenvalue weighted by Gasteiger charge is 2.14. The van der Waals surface area contributed by atoms with Gasteiger partial charge in [-0.15, -0.1) is 11.3 Å². The van der Waals surface area contributed by atoms with E-state index in [0.717, 1.165) is 4.88 Å². The van der Waals surface area contributed by atoms with Crippen molar-refractivity contribution in [3.8, 4) is 0 Å². The maximum absolute atomic E-state index is 11.8. The highest BCUT2D eigenvalue weighted by molar-refractivity contribution is 7.10. The largest absolute Gasteiger partial charge is 0.452 e. The Morgan fingerprint density at radius 3 is 2.86 bits per heavy atom. The van der Waals surface area contributed by atoms with Gasteiger partial charge in [0.1, 0.15) is 5.15 Å². The van der Waals surface area contributed by atoms with E-state index in [1.807, 2.05) is 24.4 Å². The van der Waals surface area contributed by atoms with Crippen LogP contribution in [0, 0.1) is 0 Å². The number of thiophene rings is 1. The first-order chi connectivity index (χ1) is 10.5. The summed E-state index contributed by atoms with van der Waals surface area (Å²) in [5, 5.41) is 4.91. The van der Waals surface area contributed by atoms with Crippen LogP contribution >= 0.6 is 34.5 Å². The summed E-state index contributed by atoms with van der Waals surface area (Å²) in [5.41, 5.74) is 0.133. The summed E-state index contributed by atoms with van der Waals surface area (Å²) in [7, 11) is 0. The Labute approximate surface area is 141 Å². The number of carbonyl (C=O) groups excluding carboxylic acids is 2. The summed E-state index contributed by atoms with van der Waals surface area (Å²) in [4.78, 5) is 28.3. The van der Waals surface area contributed by atoms with E-state index in [2.05, 4.69) is 10.3 Å². The first-order valence-corrected chi connectivity index (χ1v) is 7.92. The highest BCUT2D eigenvalue weighted by Crippen LogP contribution is 2.20. The number of aromatic nitrogens is 1. The number of halogens is 2. The van der Waals surface area contributed by atoms with E-state index in [1.165, 1.54) is 23.6 Å². The Balaban J connectivity index is 1.85. The summed E-state index contributed by atoms with van der Waals surface area (Å²) < 4.78 is 4.91. The molecule has 5 nitrogen and oxygen atoms in total. The molecule has 8 heteroatoms. The minimum absolute atomic E-state index is 0.0979. The second-order valence-corrected chi connectivity index (χ2v) is 6.12. The molecular formula is C14H12Cl2N2O3S. The van der Waals surface area contributed by atoms with E-state index in [0.29, 0.717) is 0 Å². The van der Waals surface area contributed by atoms with Gasteiger partial charge in [-0.05, 0) is 24.4 Å². The Morgan fingerprint density at radius 1 is 1.45 bits per heavy atom. The number of ether oxygens (including phenoxy) is 1. The summed E-state index contributed by atoms with van der Waals surface area (Å²) in [6.07, 6.45) is 1.24. The minimum Gasteiger partial charge on any atom is -0.452 e. The molecule has 0 aliphatic rings. The van der Waals surface area contributed by atoms with Crippen LogP contribution in [0.1, 0.15) is 28.2 Å². The normalized spacial score (nSPS) is 11.8. The van der Waals surface area contributed by atoms with Crippen LogP contribution in [0.15, 0.2) is 29.8 Å². The second-order valence-electron chi connectivity index (χ2n) is 4.38. The third kappa shape index (κ3) is 4.43. The molecule has 2 aromatic heterocycles. The predicted molar refractivity (Wildman–Crippen MR) is 85.4 cm³/mol. The molecule has 0 bridgehead atoms. The van der Waals surface area contributed by atoms with Crippen LogP contribution in [0.2, 0.25) is 10.2 Å². The number of amides is 1. The van der Waals surface area contributed by atoms with Crippen molar-refractivity contribution >= 4 is 46.4 Å². The Kier molecular flexibility index (Phi) is 5.76. The average Bonchev–Trinajstić information content (AvgIpc) is 3.02. The monoisotopic (exact) mass is 358 g/mol. The molecule has 0 saturated carbocycles. The summed E-state index contributed by atoms with van der Waals surface area (Å²) in [5.74, 6) is -1.08. The Morgan fingerprint density at radius 2 is 2.23 bits per heavy atom. The number of hydrogen-bond acceptors (Lipinski definition) is 5.